The molecule has 0 saturated heterocycles. The highest BCUT2D eigenvalue weighted by molar-refractivity contribution is 5.78. The van der Waals surface area contributed by atoms with Crippen molar-refractivity contribution >= 4 is 5.97 Å². The van der Waals surface area contributed by atoms with Crippen molar-refractivity contribution in [2.75, 3.05) is 13.7 Å². The highest BCUT2D eigenvalue weighted by atomic mass is 16.5. The minimum atomic E-state index is -0.416. The van der Waals surface area contributed by atoms with E-state index in [4.69, 9.17) is 9.47 Å². The fourth-order valence-electron chi connectivity index (χ4n) is 2.02. The first-order valence-electron chi connectivity index (χ1n) is 6.53. The third-order valence-electron chi connectivity index (χ3n) is 3.19. The molecule has 2 rings (SSSR count). The van der Waals surface area contributed by atoms with Gasteiger partial charge in [0.2, 0.25) is 0 Å². The lowest BCUT2D eigenvalue weighted by Gasteiger charge is -2.17. The third kappa shape index (κ3) is 3.38. The highest BCUT2D eigenvalue weighted by Crippen LogP contribution is 2.22. The van der Waals surface area contributed by atoms with Crippen LogP contribution >= 0.6 is 0 Å². The van der Waals surface area contributed by atoms with Crippen molar-refractivity contribution in [1.82, 2.24) is 0 Å². The summed E-state index contributed by atoms with van der Waals surface area (Å²) in [4.78, 5) is 11.9. The number of benzene rings is 2. The van der Waals surface area contributed by atoms with Crippen LogP contribution in [-0.4, -0.2) is 19.7 Å². The number of carbonyl (C=O) groups is 1. The Labute approximate surface area is 119 Å². The Morgan fingerprint density at radius 1 is 1.05 bits per heavy atom. The van der Waals surface area contributed by atoms with Gasteiger partial charge in [-0.1, -0.05) is 48.5 Å². The fraction of sp³-hybridized carbons (Fsp3) is 0.235. The van der Waals surface area contributed by atoms with E-state index in [9.17, 15) is 4.79 Å². The monoisotopic (exact) mass is 270 g/mol. The van der Waals surface area contributed by atoms with Gasteiger partial charge in [-0.25, -0.2) is 0 Å². The van der Waals surface area contributed by atoms with Crippen LogP contribution in [-0.2, 0) is 9.53 Å². The van der Waals surface area contributed by atoms with Gasteiger partial charge in [0.25, 0.3) is 0 Å². The van der Waals surface area contributed by atoms with Crippen molar-refractivity contribution in [3.63, 3.8) is 0 Å². The first-order chi connectivity index (χ1) is 9.72. The smallest absolute Gasteiger partial charge is 0.316 e. The van der Waals surface area contributed by atoms with Crippen LogP contribution in [0.3, 0.4) is 0 Å². The van der Waals surface area contributed by atoms with E-state index in [-0.39, 0.29) is 12.6 Å². The van der Waals surface area contributed by atoms with Crippen LogP contribution in [0, 0.1) is 6.92 Å². The lowest BCUT2D eigenvalue weighted by atomic mass is 10.0. The van der Waals surface area contributed by atoms with Gasteiger partial charge in [-0.05, 0) is 24.1 Å². The van der Waals surface area contributed by atoms with Crippen LogP contribution in [0.1, 0.15) is 17.0 Å². The van der Waals surface area contributed by atoms with Crippen LogP contribution < -0.4 is 4.74 Å². The molecule has 3 heteroatoms. The summed E-state index contributed by atoms with van der Waals surface area (Å²) in [6, 6.07) is 17.3. The summed E-state index contributed by atoms with van der Waals surface area (Å²) in [7, 11) is 1.39. The number of para-hydroxylation sites is 1. The molecule has 0 aliphatic heterocycles. The van der Waals surface area contributed by atoms with Crippen LogP contribution in [0.15, 0.2) is 54.6 Å². The van der Waals surface area contributed by atoms with E-state index < -0.39 is 5.92 Å². The summed E-state index contributed by atoms with van der Waals surface area (Å²) >= 11 is 0. The van der Waals surface area contributed by atoms with E-state index in [1.54, 1.807) is 0 Å². The van der Waals surface area contributed by atoms with Gasteiger partial charge >= 0.3 is 5.97 Å². The predicted octanol–water partition coefficient (Wildman–Crippen LogP) is 3.33. The Kier molecular flexibility index (Phi) is 4.77. The van der Waals surface area contributed by atoms with Gasteiger partial charge in [0.15, 0.2) is 0 Å². The number of esters is 1. The molecule has 2 aromatic carbocycles. The molecule has 1 atom stereocenters. The van der Waals surface area contributed by atoms with E-state index in [1.165, 1.54) is 7.11 Å². The molecule has 0 heterocycles. The molecular formula is C17H18O3. The van der Waals surface area contributed by atoms with Gasteiger partial charge in [0.05, 0.1) is 7.11 Å². The molecule has 1 unspecified atom stereocenters. The normalized spacial score (nSPS) is 11.7. The molecule has 0 fully saturated rings. The maximum Gasteiger partial charge on any atom is 0.316 e. The molecule has 0 spiro atoms. The van der Waals surface area contributed by atoms with Crippen LogP contribution in [0.5, 0.6) is 5.75 Å². The van der Waals surface area contributed by atoms with Crippen molar-refractivity contribution in [2.24, 2.45) is 0 Å². The Hall–Kier alpha value is -2.29. The zero-order valence-electron chi connectivity index (χ0n) is 11.7. The fourth-order valence-corrected chi connectivity index (χ4v) is 2.02. The highest BCUT2D eigenvalue weighted by Gasteiger charge is 2.22. The van der Waals surface area contributed by atoms with Gasteiger partial charge in [-0.15, -0.1) is 0 Å². The van der Waals surface area contributed by atoms with Crippen LogP contribution in [0.2, 0.25) is 0 Å². The average Bonchev–Trinajstić information content (AvgIpc) is 2.50. The standard InChI is InChI=1S/C17H18O3/c1-13-8-6-7-11-16(13)20-12-15(17(18)19-2)14-9-4-3-5-10-14/h3-11,15H,12H2,1-2H3. The summed E-state index contributed by atoms with van der Waals surface area (Å²) in [5.74, 6) is 0.0860. The molecular weight excluding hydrogens is 252 g/mol. The largest absolute Gasteiger partial charge is 0.492 e. The minimum Gasteiger partial charge on any atom is -0.492 e. The first-order valence-corrected chi connectivity index (χ1v) is 6.53. The Morgan fingerprint density at radius 3 is 2.35 bits per heavy atom. The maximum absolute atomic E-state index is 11.9. The van der Waals surface area contributed by atoms with Crippen molar-refractivity contribution in [3.8, 4) is 5.75 Å². The number of ether oxygens (including phenoxy) is 2. The van der Waals surface area contributed by atoms with Gasteiger partial charge in [-0.2, -0.15) is 0 Å². The number of rotatable bonds is 5. The lowest BCUT2D eigenvalue weighted by Crippen LogP contribution is -2.21. The molecule has 0 aromatic heterocycles. The molecule has 3 nitrogen and oxygen atoms in total. The maximum atomic E-state index is 11.9. The number of hydrogen-bond acceptors (Lipinski definition) is 3. The van der Waals surface area contributed by atoms with E-state index in [0.29, 0.717) is 0 Å². The summed E-state index contributed by atoms with van der Waals surface area (Å²) in [5.41, 5.74) is 1.94. The van der Waals surface area contributed by atoms with Crippen molar-refractivity contribution in [1.29, 1.82) is 0 Å². The SMILES string of the molecule is COC(=O)C(COc1ccccc1C)c1ccccc1. The molecule has 0 aliphatic rings. The van der Waals surface area contributed by atoms with Gasteiger partial charge in [-0.3, -0.25) is 4.79 Å². The molecule has 20 heavy (non-hydrogen) atoms. The molecule has 0 N–H and O–H groups in total. The van der Waals surface area contributed by atoms with Gasteiger partial charge < -0.3 is 9.47 Å². The first kappa shape index (κ1) is 14.1. The van der Waals surface area contributed by atoms with Crippen LogP contribution in [0.25, 0.3) is 0 Å². The number of carbonyl (C=O) groups excluding carboxylic acids is 1. The van der Waals surface area contributed by atoms with Crippen molar-refractivity contribution < 1.29 is 14.3 Å². The lowest BCUT2D eigenvalue weighted by molar-refractivity contribution is -0.143. The summed E-state index contributed by atoms with van der Waals surface area (Å²) in [6.07, 6.45) is 0. The van der Waals surface area contributed by atoms with Crippen molar-refractivity contribution in [2.45, 2.75) is 12.8 Å². The molecule has 104 valence electrons. The quantitative estimate of drug-likeness (QED) is 0.782. The number of methoxy groups -OCH3 is 1. The topological polar surface area (TPSA) is 35.5 Å². The molecule has 2 aromatic rings. The molecule has 0 radical (unpaired) electrons. The van der Waals surface area contributed by atoms with E-state index in [2.05, 4.69) is 0 Å². The van der Waals surface area contributed by atoms with E-state index >= 15 is 0 Å². The molecule has 0 bridgehead atoms. The number of aryl methyl sites for hydroxylation is 1. The number of hydrogen-bond donors (Lipinski definition) is 0. The molecule has 0 saturated carbocycles. The Morgan fingerprint density at radius 2 is 1.70 bits per heavy atom. The van der Waals surface area contributed by atoms with E-state index in [1.807, 2.05) is 61.5 Å². The zero-order chi connectivity index (χ0) is 14.4. The van der Waals surface area contributed by atoms with Crippen molar-refractivity contribution in [3.05, 3.63) is 65.7 Å². The van der Waals surface area contributed by atoms with Gasteiger partial charge in [0.1, 0.15) is 18.3 Å². The third-order valence-corrected chi connectivity index (χ3v) is 3.19. The van der Waals surface area contributed by atoms with E-state index in [0.717, 1.165) is 16.9 Å². The Balaban J connectivity index is 2.14. The van der Waals surface area contributed by atoms with Gasteiger partial charge in [0, 0.05) is 0 Å². The molecule has 0 aliphatic carbocycles. The summed E-state index contributed by atoms with van der Waals surface area (Å²) < 4.78 is 10.6. The van der Waals surface area contributed by atoms with Crippen LogP contribution in [0.4, 0.5) is 0 Å². The summed E-state index contributed by atoms with van der Waals surface area (Å²) in [6.45, 7) is 2.24. The minimum absolute atomic E-state index is 0.265. The average molecular weight is 270 g/mol. The second kappa shape index (κ2) is 6.75. The Bertz CT molecular complexity index is 563. The second-order valence-electron chi connectivity index (χ2n) is 4.56. The summed E-state index contributed by atoms with van der Waals surface area (Å²) in [5, 5.41) is 0. The predicted molar refractivity (Wildman–Crippen MR) is 77.9 cm³/mol. The zero-order valence-corrected chi connectivity index (χ0v) is 11.7. The second-order valence-corrected chi connectivity index (χ2v) is 4.56. The molecule has 0 amide bonds.